The predicted molar refractivity (Wildman–Crippen MR) is 157 cm³/mol. The van der Waals surface area contributed by atoms with Crippen LogP contribution < -0.4 is 10.5 Å². The Balaban J connectivity index is 0.00000168. The number of nitrogens with zero attached hydrogens (tertiary/aromatic N) is 5. The average molecular weight is 559 g/mol. The number of rotatable bonds is 5. The summed E-state index contributed by atoms with van der Waals surface area (Å²) >= 11 is 0. The van der Waals surface area contributed by atoms with E-state index in [1.807, 2.05) is 23.9 Å². The number of aromatic nitrogens is 4. The van der Waals surface area contributed by atoms with Gasteiger partial charge in [-0.05, 0) is 55.0 Å². The third-order valence-electron chi connectivity index (χ3n) is 7.65. The first kappa shape index (κ1) is 28.3. The van der Waals surface area contributed by atoms with Crippen LogP contribution in [0.5, 0.6) is 5.75 Å². The van der Waals surface area contributed by atoms with Gasteiger partial charge in [-0.2, -0.15) is 27.0 Å². The number of pyridine rings is 1. The van der Waals surface area contributed by atoms with E-state index in [4.69, 9.17) is 15.5 Å². The Hall–Kier alpha value is -2.76. The van der Waals surface area contributed by atoms with Crippen LogP contribution in [0.4, 0.5) is 4.39 Å². The lowest BCUT2D eigenvalue weighted by Gasteiger charge is -2.33. The van der Waals surface area contributed by atoms with Crippen molar-refractivity contribution in [2.24, 2.45) is 18.2 Å². The van der Waals surface area contributed by atoms with Crippen LogP contribution in [-0.2, 0) is 13.6 Å². The summed E-state index contributed by atoms with van der Waals surface area (Å²) in [7, 11) is 3.54. The third-order valence-corrected chi connectivity index (χ3v) is 7.65. The minimum atomic E-state index is -1.12. The number of hydrogen-bond donors (Lipinski definition) is 1. The smallest absolute Gasteiger partial charge is 0.254 e. The molecule has 4 aromatic rings. The number of methoxy groups -OCH3 is 1. The van der Waals surface area contributed by atoms with Crippen LogP contribution in [0.15, 0.2) is 36.5 Å². The van der Waals surface area contributed by atoms with Crippen LogP contribution in [0.1, 0.15) is 36.5 Å². The minimum Gasteiger partial charge on any atom is -0.494 e. The standard InChI is InChI=1S/C27H31FN6O2.2H2S/c1-27(6-7-27)15-34-21(10-16-5-4-8-30-24(16)34)25-31-20-9-17(11-22(36-3)23(20)32(25)2)26(35)33-13-18(28)12-19(29)14-33;;/h4-5,8-11,18-19H,6-7,12-15,29H2,1-3H3;2*1H2/t18-,19-;;/m0../s1. The van der Waals surface area contributed by atoms with Crippen molar-refractivity contribution < 1.29 is 13.9 Å². The van der Waals surface area contributed by atoms with Crippen molar-refractivity contribution in [3.63, 3.8) is 0 Å². The van der Waals surface area contributed by atoms with E-state index in [1.54, 1.807) is 19.2 Å². The highest BCUT2D eigenvalue weighted by atomic mass is 32.1. The second-order valence-corrected chi connectivity index (χ2v) is 10.7. The van der Waals surface area contributed by atoms with Gasteiger partial charge in [0.2, 0.25) is 0 Å². The number of hydrogen-bond acceptors (Lipinski definition) is 5. The fourth-order valence-electron chi connectivity index (χ4n) is 5.43. The molecular weight excluding hydrogens is 523 g/mol. The maximum atomic E-state index is 14.1. The summed E-state index contributed by atoms with van der Waals surface area (Å²) in [4.78, 5) is 24.4. The van der Waals surface area contributed by atoms with Gasteiger partial charge in [0.1, 0.15) is 23.1 Å². The lowest BCUT2D eigenvalue weighted by atomic mass is 10.0. The van der Waals surface area contributed by atoms with Crippen molar-refractivity contribution in [2.45, 2.75) is 44.9 Å². The SMILES string of the molecule is COc1cc(C(=O)N2C[C@@H](N)C[C@H](F)C2)cc2nc(-c3cc4cccnc4n3CC3(C)CC3)n(C)c12.S.S. The predicted octanol–water partition coefficient (Wildman–Crippen LogP) is 4.14. The summed E-state index contributed by atoms with van der Waals surface area (Å²) in [6, 6.07) is 9.26. The highest BCUT2D eigenvalue weighted by Crippen LogP contribution is 2.48. The molecule has 6 rings (SSSR count). The highest BCUT2D eigenvalue weighted by molar-refractivity contribution is 7.59. The van der Waals surface area contributed by atoms with E-state index in [-0.39, 0.29) is 57.3 Å². The molecule has 3 aromatic heterocycles. The summed E-state index contributed by atoms with van der Waals surface area (Å²) in [5, 5.41) is 1.06. The molecular formula is C27H35FN6O2S2. The first-order valence-corrected chi connectivity index (χ1v) is 12.4. The minimum absolute atomic E-state index is 0. The molecule has 1 aliphatic heterocycles. The fourth-order valence-corrected chi connectivity index (χ4v) is 5.43. The van der Waals surface area contributed by atoms with Crippen molar-refractivity contribution in [1.29, 1.82) is 0 Å². The number of imidazole rings is 1. The highest BCUT2D eigenvalue weighted by Gasteiger charge is 2.39. The van der Waals surface area contributed by atoms with E-state index in [2.05, 4.69) is 28.6 Å². The molecule has 2 N–H and O–H groups in total. The summed E-state index contributed by atoms with van der Waals surface area (Å²) in [5.41, 5.74) is 10.0. The van der Waals surface area contributed by atoms with Crippen LogP contribution in [0, 0.1) is 5.41 Å². The number of nitrogens with two attached hydrogens (primary N) is 1. The van der Waals surface area contributed by atoms with Gasteiger partial charge in [-0.25, -0.2) is 14.4 Å². The first-order chi connectivity index (χ1) is 17.3. The zero-order chi connectivity index (χ0) is 25.2. The number of fused-ring (bicyclic) bond motifs is 2. The number of aryl methyl sites for hydroxylation is 1. The van der Waals surface area contributed by atoms with E-state index in [1.165, 1.54) is 17.7 Å². The van der Waals surface area contributed by atoms with Crippen LogP contribution in [0.25, 0.3) is 33.6 Å². The lowest BCUT2D eigenvalue weighted by Crippen LogP contribution is -2.50. The van der Waals surface area contributed by atoms with Gasteiger partial charge in [-0.1, -0.05) is 6.92 Å². The molecule has 0 spiro atoms. The number of halogens is 1. The molecule has 38 heavy (non-hydrogen) atoms. The fraction of sp³-hybridized carbons (Fsp3) is 0.444. The number of piperidine rings is 1. The molecule has 0 unspecified atom stereocenters. The van der Waals surface area contributed by atoms with Crippen molar-refractivity contribution in [2.75, 3.05) is 20.2 Å². The number of likely N-dealkylation sites (tertiary alicyclic amines) is 1. The first-order valence-electron chi connectivity index (χ1n) is 12.4. The molecule has 1 amide bonds. The largest absolute Gasteiger partial charge is 0.494 e. The van der Waals surface area contributed by atoms with Crippen LogP contribution in [-0.4, -0.2) is 62.3 Å². The molecule has 1 saturated heterocycles. The Morgan fingerprint density at radius 3 is 2.68 bits per heavy atom. The van der Waals surface area contributed by atoms with Gasteiger partial charge in [-0.15, -0.1) is 0 Å². The Labute approximate surface area is 235 Å². The quantitative estimate of drug-likeness (QED) is 0.398. The molecule has 204 valence electrons. The van der Waals surface area contributed by atoms with Crippen LogP contribution >= 0.6 is 27.0 Å². The molecule has 8 nitrogen and oxygen atoms in total. The van der Waals surface area contributed by atoms with Gasteiger partial charge in [-0.3, -0.25) is 4.79 Å². The maximum absolute atomic E-state index is 14.1. The summed E-state index contributed by atoms with van der Waals surface area (Å²) in [6.07, 6.45) is 3.37. The topological polar surface area (TPSA) is 91.2 Å². The lowest BCUT2D eigenvalue weighted by molar-refractivity contribution is 0.0606. The molecule has 2 fully saturated rings. The number of carbonyl (C=O) groups is 1. The normalized spacial score (nSPS) is 20.2. The van der Waals surface area contributed by atoms with Crippen molar-refractivity contribution >= 4 is 55.0 Å². The number of ether oxygens (including phenoxy) is 1. The van der Waals surface area contributed by atoms with E-state index in [0.717, 1.165) is 34.6 Å². The number of carbonyl (C=O) groups excluding carboxylic acids is 1. The zero-order valence-corrected chi connectivity index (χ0v) is 23.9. The number of benzene rings is 1. The Morgan fingerprint density at radius 1 is 1.24 bits per heavy atom. The molecule has 0 radical (unpaired) electrons. The molecule has 1 aliphatic carbocycles. The summed E-state index contributed by atoms with van der Waals surface area (Å²) in [6.45, 7) is 3.55. The zero-order valence-electron chi connectivity index (χ0n) is 21.9. The number of alkyl halides is 1. The molecule has 1 saturated carbocycles. The molecule has 2 aliphatic rings. The van der Waals surface area contributed by atoms with E-state index in [0.29, 0.717) is 23.4 Å². The summed E-state index contributed by atoms with van der Waals surface area (Å²) < 4.78 is 24.1. The monoisotopic (exact) mass is 558 g/mol. The van der Waals surface area contributed by atoms with Gasteiger partial charge in [0.05, 0.1) is 24.9 Å². The molecule has 1 aromatic carbocycles. The Morgan fingerprint density at radius 2 is 2.00 bits per heavy atom. The van der Waals surface area contributed by atoms with Gasteiger partial charge < -0.3 is 24.5 Å². The van der Waals surface area contributed by atoms with E-state index in [9.17, 15) is 9.18 Å². The van der Waals surface area contributed by atoms with Gasteiger partial charge >= 0.3 is 0 Å². The second kappa shape index (κ2) is 10.4. The van der Waals surface area contributed by atoms with E-state index >= 15 is 0 Å². The van der Waals surface area contributed by atoms with Gasteiger partial charge in [0.15, 0.2) is 5.82 Å². The average Bonchev–Trinajstić information content (AvgIpc) is 3.34. The molecule has 0 bridgehead atoms. The molecule has 2 atom stereocenters. The van der Waals surface area contributed by atoms with Crippen molar-refractivity contribution in [3.05, 3.63) is 42.1 Å². The molecule has 11 heteroatoms. The maximum Gasteiger partial charge on any atom is 0.254 e. The van der Waals surface area contributed by atoms with Crippen LogP contribution in [0.2, 0.25) is 0 Å². The van der Waals surface area contributed by atoms with Crippen molar-refractivity contribution in [1.82, 2.24) is 24.0 Å². The second-order valence-electron chi connectivity index (χ2n) is 10.7. The van der Waals surface area contributed by atoms with E-state index < -0.39 is 6.17 Å². The third kappa shape index (κ3) is 4.87. The molecule has 4 heterocycles. The van der Waals surface area contributed by atoms with Gasteiger partial charge in [0.25, 0.3) is 5.91 Å². The van der Waals surface area contributed by atoms with Crippen molar-refractivity contribution in [3.8, 4) is 17.3 Å². The Kier molecular flexibility index (Phi) is 7.75. The van der Waals surface area contributed by atoms with Gasteiger partial charge in [0, 0.05) is 43.3 Å². The Bertz CT molecular complexity index is 1490. The summed E-state index contributed by atoms with van der Waals surface area (Å²) in [5.74, 6) is 1.06. The number of amides is 1. The van der Waals surface area contributed by atoms with Crippen LogP contribution in [0.3, 0.4) is 0 Å².